The predicted octanol–water partition coefficient (Wildman–Crippen LogP) is 3.02. The predicted molar refractivity (Wildman–Crippen MR) is 97.3 cm³/mol. The molecule has 0 spiro atoms. The van der Waals surface area contributed by atoms with Crippen LogP contribution >= 0.6 is 11.3 Å². The van der Waals surface area contributed by atoms with E-state index in [9.17, 15) is 4.79 Å². The number of rotatable bonds is 7. The highest BCUT2D eigenvalue weighted by Crippen LogP contribution is 2.31. The summed E-state index contributed by atoms with van der Waals surface area (Å²) in [6.07, 6.45) is 0.366. The Labute approximate surface area is 155 Å². The lowest BCUT2D eigenvalue weighted by Gasteiger charge is -2.14. The fourth-order valence-electron chi connectivity index (χ4n) is 2.39. The number of amides is 1. The van der Waals surface area contributed by atoms with Gasteiger partial charge in [-0.1, -0.05) is 6.07 Å². The lowest BCUT2D eigenvalue weighted by atomic mass is 10.2. The van der Waals surface area contributed by atoms with Crippen molar-refractivity contribution in [1.82, 2.24) is 15.1 Å². The van der Waals surface area contributed by atoms with Gasteiger partial charge < -0.3 is 18.8 Å². The number of nitrogens with zero attached hydrogens (tertiary/aromatic N) is 3. The van der Waals surface area contributed by atoms with Gasteiger partial charge in [-0.15, -0.1) is 21.5 Å². The smallest absolute Gasteiger partial charge is 0.247 e. The van der Waals surface area contributed by atoms with Gasteiger partial charge in [-0.25, -0.2) is 0 Å². The minimum atomic E-state index is -0.00156. The fourth-order valence-corrected chi connectivity index (χ4v) is 3.09. The molecule has 2 heterocycles. The molecule has 8 heteroatoms. The largest absolute Gasteiger partial charge is 0.493 e. The number of hydrogen-bond donors (Lipinski definition) is 0. The van der Waals surface area contributed by atoms with Crippen molar-refractivity contribution in [3.8, 4) is 23.0 Å². The van der Waals surface area contributed by atoms with Gasteiger partial charge in [-0.2, -0.15) is 0 Å². The Morgan fingerprint density at radius 2 is 2.00 bits per heavy atom. The van der Waals surface area contributed by atoms with Crippen molar-refractivity contribution in [2.24, 2.45) is 0 Å². The number of hydrogen-bond acceptors (Lipinski definition) is 7. The summed E-state index contributed by atoms with van der Waals surface area (Å²) in [7, 11) is 4.86. The Kier molecular flexibility index (Phi) is 5.52. The van der Waals surface area contributed by atoms with E-state index in [-0.39, 0.29) is 12.5 Å². The first-order chi connectivity index (χ1) is 12.6. The monoisotopic (exact) mass is 373 g/mol. The number of likely N-dealkylation sites (N-methyl/N-ethyl adjacent to an activating group) is 1. The third-order valence-corrected chi connectivity index (χ3v) is 4.68. The van der Waals surface area contributed by atoms with Gasteiger partial charge in [-0.3, -0.25) is 4.79 Å². The topological polar surface area (TPSA) is 77.7 Å². The first-order valence-corrected chi connectivity index (χ1v) is 8.79. The molecule has 0 aliphatic heterocycles. The molecular weight excluding hydrogens is 354 g/mol. The zero-order valence-electron chi connectivity index (χ0n) is 14.8. The molecule has 0 unspecified atom stereocenters. The van der Waals surface area contributed by atoms with Gasteiger partial charge in [0.2, 0.25) is 17.7 Å². The first kappa shape index (κ1) is 17.9. The van der Waals surface area contributed by atoms with E-state index in [1.54, 1.807) is 49.6 Å². The maximum atomic E-state index is 12.3. The van der Waals surface area contributed by atoms with E-state index in [0.29, 0.717) is 35.3 Å². The summed E-state index contributed by atoms with van der Waals surface area (Å²) in [4.78, 5) is 14.9. The molecule has 3 aromatic rings. The number of ether oxygens (including phenoxy) is 2. The SMILES string of the molecule is COc1ccc(-c2nnc(CN(C)C(=O)Cc3cccs3)o2)cc1OC. The Morgan fingerprint density at radius 3 is 2.69 bits per heavy atom. The Hall–Kier alpha value is -2.87. The summed E-state index contributed by atoms with van der Waals surface area (Å²) in [5, 5.41) is 10.0. The quantitative estimate of drug-likeness (QED) is 0.633. The van der Waals surface area contributed by atoms with Crippen molar-refractivity contribution in [3.05, 3.63) is 46.5 Å². The maximum Gasteiger partial charge on any atom is 0.247 e. The van der Waals surface area contributed by atoms with Crippen LogP contribution in [0.3, 0.4) is 0 Å². The number of aromatic nitrogens is 2. The van der Waals surface area contributed by atoms with Crippen LogP contribution in [-0.4, -0.2) is 42.3 Å². The van der Waals surface area contributed by atoms with Crippen molar-refractivity contribution in [1.29, 1.82) is 0 Å². The van der Waals surface area contributed by atoms with Crippen molar-refractivity contribution >= 4 is 17.2 Å². The van der Waals surface area contributed by atoms with E-state index >= 15 is 0 Å². The second-order valence-corrected chi connectivity index (χ2v) is 6.61. The minimum absolute atomic E-state index is 0.00156. The molecule has 0 saturated heterocycles. The van der Waals surface area contributed by atoms with Crippen molar-refractivity contribution < 1.29 is 18.7 Å². The molecule has 136 valence electrons. The highest BCUT2D eigenvalue weighted by atomic mass is 32.1. The Morgan fingerprint density at radius 1 is 1.19 bits per heavy atom. The van der Waals surface area contributed by atoms with E-state index in [0.717, 1.165) is 4.88 Å². The van der Waals surface area contributed by atoms with Crippen molar-refractivity contribution in [3.63, 3.8) is 0 Å². The van der Waals surface area contributed by atoms with Crippen LogP contribution in [0.1, 0.15) is 10.8 Å². The van der Waals surface area contributed by atoms with Crippen LogP contribution in [0.4, 0.5) is 0 Å². The summed E-state index contributed by atoms with van der Waals surface area (Å²) >= 11 is 1.56. The van der Waals surface area contributed by atoms with Gasteiger partial charge in [0, 0.05) is 17.5 Å². The summed E-state index contributed by atoms with van der Waals surface area (Å²) in [5.41, 5.74) is 0.717. The molecule has 3 rings (SSSR count). The molecule has 0 radical (unpaired) electrons. The van der Waals surface area contributed by atoms with Gasteiger partial charge in [0.25, 0.3) is 0 Å². The molecule has 0 bridgehead atoms. The summed E-state index contributed by atoms with van der Waals surface area (Å²) in [5.74, 6) is 1.93. The third kappa shape index (κ3) is 4.02. The van der Waals surface area contributed by atoms with E-state index in [1.165, 1.54) is 0 Å². The minimum Gasteiger partial charge on any atom is -0.493 e. The molecule has 0 aliphatic carbocycles. The fraction of sp³-hybridized carbons (Fsp3) is 0.278. The highest BCUT2D eigenvalue weighted by molar-refractivity contribution is 7.10. The summed E-state index contributed by atoms with van der Waals surface area (Å²) in [6, 6.07) is 9.22. The van der Waals surface area contributed by atoms with Crippen LogP contribution in [0.15, 0.2) is 40.1 Å². The lowest BCUT2D eigenvalue weighted by molar-refractivity contribution is -0.129. The molecule has 0 N–H and O–H groups in total. The van der Waals surface area contributed by atoms with Crippen LogP contribution in [0.2, 0.25) is 0 Å². The first-order valence-electron chi connectivity index (χ1n) is 7.92. The molecular formula is C18H19N3O4S. The van der Waals surface area contributed by atoms with Gasteiger partial charge in [-0.05, 0) is 29.6 Å². The van der Waals surface area contributed by atoms with Crippen LogP contribution in [-0.2, 0) is 17.8 Å². The standard InChI is InChI=1S/C18H19N3O4S/c1-21(17(22)10-13-5-4-8-26-13)11-16-19-20-18(25-16)12-6-7-14(23-2)15(9-12)24-3/h4-9H,10-11H2,1-3H3. The van der Waals surface area contributed by atoms with Gasteiger partial charge >= 0.3 is 0 Å². The Bertz CT molecular complexity index is 876. The second-order valence-electron chi connectivity index (χ2n) is 5.58. The van der Waals surface area contributed by atoms with Crippen LogP contribution in [0.25, 0.3) is 11.5 Å². The average molecular weight is 373 g/mol. The van der Waals surface area contributed by atoms with E-state index < -0.39 is 0 Å². The normalized spacial score (nSPS) is 10.6. The van der Waals surface area contributed by atoms with Crippen LogP contribution in [0.5, 0.6) is 11.5 Å². The highest BCUT2D eigenvalue weighted by Gasteiger charge is 2.16. The van der Waals surface area contributed by atoms with Gasteiger partial charge in [0.05, 0.1) is 27.2 Å². The molecule has 0 atom stereocenters. The Balaban J connectivity index is 1.68. The van der Waals surface area contributed by atoms with E-state index in [2.05, 4.69) is 10.2 Å². The molecule has 0 aliphatic rings. The lowest BCUT2D eigenvalue weighted by Crippen LogP contribution is -2.27. The zero-order chi connectivity index (χ0) is 18.5. The molecule has 0 saturated carbocycles. The number of benzene rings is 1. The molecule has 26 heavy (non-hydrogen) atoms. The number of methoxy groups -OCH3 is 2. The molecule has 0 fully saturated rings. The molecule has 1 aromatic carbocycles. The number of carbonyl (C=O) groups is 1. The molecule has 1 amide bonds. The van der Waals surface area contributed by atoms with E-state index in [1.807, 2.05) is 23.6 Å². The van der Waals surface area contributed by atoms with Crippen LogP contribution in [0, 0.1) is 0 Å². The molecule has 2 aromatic heterocycles. The maximum absolute atomic E-state index is 12.3. The third-order valence-electron chi connectivity index (χ3n) is 3.80. The summed E-state index contributed by atoms with van der Waals surface area (Å²) < 4.78 is 16.2. The van der Waals surface area contributed by atoms with Crippen molar-refractivity contribution in [2.75, 3.05) is 21.3 Å². The van der Waals surface area contributed by atoms with Gasteiger partial charge in [0.1, 0.15) is 0 Å². The number of carbonyl (C=O) groups excluding carboxylic acids is 1. The molecule has 7 nitrogen and oxygen atoms in total. The zero-order valence-corrected chi connectivity index (χ0v) is 15.6. The van der Waals surface area contributed by atoms with Gasteiger partial charge in [0.15, 0.2) is 11.5 Å². The van der Waals surface area contributed by atoms with Crippen molar-refractivity contribution in [2.45, 2.75) is 13.0 Å². The summed E-state index contributed by atoms with van der Waals surface area (Å²) in [6.45, 7) is 0.254. The number of thiophene rings is 1. The van der Waals surface area contributed by atoms with Crippen LogP contribution < -0.4 is 9.47 Å². The second kappa shape index (κ2) is 8.01. The van der Waals surface area contributed by atoms with E-state index in [4.69, 9.17) is 13.9 Å². The average Bonchev–Trinajstić information content (AvgIpc) is 3.33.